The molecule has 0 saturated heterocycles. The average Bonchev–Trinajstić information content (AvgIpc) is 3.40. The molecule has 2 aromatic rings. The number of hydrogen-bond donors (Lipinski definition) is 1. The minimum atomic E-state index is -0.977. The third-order valence-electron chi connectivity index (χ3n) is 4.79. The molecular formula is C19H16FNO3. The van der Waals surface area contributed by atoms with Crippen LogP contribution in [0.15, 0.2) is 48.5 Å². The number of benzene rings is 2. The van der Waals surface area contributed by atoms with Gasteiger partial charge in [0.05, 0.1) is 6.04 Å². The molecule has 1 heterocycles. The Hall–Kier alpha value is -2.69. The zero-order chi connectivity index (χ0) is 16.8. The number of carboxylic acid groups (broad SMARTS) is 1. The van der Waals surface area contributed by atoms with E-state index in [-0.39, 0.29) is 17.8 Å². The number of nitrogens with zero attached hydrogens (tertiary/aromatic N) is 1. The number of carboxylic acids is 1. The second kappa shape index (κ2) is 5.44. The van der Waals surface area contributed by atoms with E-state index in [9.17, 15) is 19.1 Å². The molecule has 1 N–H and O–H groups in total. The topological polar surface area (TPSA) is 57.6 Å². The van der Waals surface area contributed by atoms with Crippen LogP contribution < -0.4 is 0 Å². The van der Waals surface area contributed by atoms with Gasteiger partial charge >= 0.3 is 5.97 Å². The summed E-state index contributed by atoms with van der Waals surface area (Å²) in [6.45, 7) is 0. The lowest BCUT2D eigenvalue weighted by Crippen LogP contribution is -2.46. The highest BCUT2D eigenvalue weighted by Gasteiger charge is 2.49. The average molecular weight is 325 g/mol. The predicted octanol–water partition coefficient (Wildman–Crippen LogP) is 3.35. The van der Waals surface area contributed by atoms with Crippen molar-refractivity contribution in [2.75, 3.05) is 0 Å². The molecule has 24 heavy (non-hydrogen) atoms. The Balaban J connectivity index is 1.91. The summed E-state index contributed by atoms with van der Waals surface area (Å²) in [5, 5.41) is 9.87. The van der Waals surface area contributed by atoms with Gasteiger partial charge in [-0.25, -0.2) is 4.39 Å². The summed E-state index contributed by atoms with van der Waals surface area (Å²) in [7, 11) is 0. The van der Waals surface area contributed by atoms with Crippen molar-refractivity contribution in [2.24, 2.45) is 0 Å². The number of carbonyl (C=O) groups is 2. The van der Waals surface area contributed by atoms with Gasteiger partial charge in [-0.3, -0.25) is 9.59 Å². The van der Waals surface area contributed by atoms with Gasteiger partial charge in [0.1, 0.15) is 11.7 Å². The van der Waals surface area contributed by atoms with Crippen LogP contribution in [0.5, 0.6) is 0 Å². The summed E-state index contributed by atoms with van der Waals surface area (Å²) in [5.41, 5.74) is 1.63. The molecule has 1 amide bonds. The maximum absolute atomic E-state index is 13.3. The molecule has 0 bridgehead atoms. The first kappa shape index (κ1) is 14.9. The molecule has 0 unspecified atom stereocenters. The van der Waals surface area contributed by atoms with Crippen LogP contribution in [-0.2, 0) is 4.79 Å². The number of fused-ring (bicyclic) bond motifs is 1. The Morgan fingerprint density at radius 2 is 1.75 bits per heavy atom. The van der Waals surface area contributed by atoms with Crippen LogP contribution in [0.2, 0.25) is 0 Å². The largest absolute Gasteiger partial charge is 0.481 e. The van der Waals surface area contributed by atoms with E-state index in [1.165, 1.54) is 12.1 Å². The van der Waals surface area contributed by atoms with Crippen molar-refractivity contribution in [3.05, 3.63) is 71.0 Å². The first-order valence-corrected chi connectivity index (χ1v) is 7.98. The lowest BCUT2D eigenvalue weighted by Gasteiger charge is -2.41. The van der Waals surface area contributed by atoms with E-state index in [0.717, 1.165) is 12.8 Å². The molecular weight excluding hydrogens is 309 g/mol. The molecule has 2 atom stereocenters. The maximum atomic E-state index is 13.3. The summed E-state index contributed by atoms with van der Waals surface area (Å²) in [6, 6.07) is 12.1. The highest BCUT2D eigenvalue weighted by Crippen LogP contribution is 2.47. The van der Waals surface area contributed by atoms with Crippen LogP contribution in [0.3, 0.4) is 0 Å². The molecule has 1 saturated carbocycles. The van der Waals surface area contributed by atoms with Crippen LogP contribution in [0.25, 0.3) is 0 Å². The van der Waals surface area contributed by atoms with Gasteiger partial charge in [0.2, 0.25) is 0 Å². The molecule has 122 valence electrons. The third kappa shape index (κ3) is 2.28. The van der Waals surface area contributed by atoms with Crippen LogP contribution in [-0.4, -0.2) is 27.9 Å². The quantitative estimate of drug-likeness (QED) is 0.941. The van der Waals surface area contributed by atoms with Crippen molar-refractivity contribution in [1.29, 1.82) is 0 Å². The Morgan fingerprint density at radius 1 is 1.08 bits per heavy atom. The van der Waals surface area contributed by atoms with Gasteiger partial charge in [0, 0.05) is 11.6 Å². The highest BCUT2D eigenvalue weighted by atomic mass is 19.1. The van der Waals surface area contributed by atoms with Gasteiger partial charge in [-0.15, -0.1) is 0 Å². The smallest absolute Gasteiger partial charge is 0.313 e. The number of aliphatic carboxylic acids is 1. The molecule has 1 fully saturated rings. The summed E-state index contributed by atoms with van der Waals surface area (Å²) >= 11 is 0. The second-order valence-corrected chi connectivity index (χ2v) is 6.34. The number of carbonyl (C=O) groups excluding carboxylic acids is 1. The normalized spacial score (nSPS) is 23.0. The van der Waals surface area contributed by atoms with Crippen molar-refractivity contribution >= 4 is 11.9 Å². The summed E-state index contributed by atoms with van der Waals surface area (Å²) in [6.07, 6.45) is 1.75. The fourth-order valence-electron chi connectivity index (χ4n) is 3.59. The van der Waals surface area contributed by atoms with E-state index < -0.39 is 17.9 Å². The van der Waals surface area contributed by atoms with E-state index in [1.54, 1.807) is 41.3 Å². The van der Waals surface area contributed by atoms with Crippen LogP contribution in [0.4, 0.5) is 4.39 Å². The van der Waals surface area contributed by atoms with Crippen LogP contribution >= 0.6 is 0 Å². The van der Waals surface area contributed by atoms with Gasteiger partial charge in [0.25, 0.3) is 5.91 Å². The summed E-state index contributed by atoms with van der Waals surface area (Å²) in [4.78, 5) is 26.7. The predicted molar refractivity (Wildman–Crippen MR) is 85.2 cm³/mol. The number of halogens is 1. The van der Waals surface area contributed by atoms with E-state index >= 15 is 0 Å². The molecule has 2 aliphatic rings. The molecule has 5 heteroatoms. The first-order chi connectivity index (χ1) is 11.6. The van der Waals surface area contributed by atoms with E-state index in [1.807, 2.05) is 0 Å². The van der Waals surface area contributed by atoms with Crippen molar-refractivity contribution in [3.63, 3.8) is 0 Å². The molecule has 1 aliphatic carbocycles. The third-order valence-corrected chi connectivity index (χ3v) is 4.79. The van der Waals surface area contributed by atoms with Gasteiger partial charge in [0.15, 0.2) is 0 Å². The maximum Gasteiger partial charge on any atom is 0.313 e. The van der Waals surface area contributed by atoms with E-state index in [0.29, 0.717) is 16.7 Å². The molecule has 0 spiro atoms. The first-order valence-electron chi connectivity index (χ1n) is 7.98. The number of amides is 1. The van der Waals surface area contributed by atoms with Gasteiger partial charge in [-0.2, -0.15) is 0 Å². The number of rotatable bonds is 3. The molecule has 4 rings (SSSR count). The van der Waals surface area contributed by atoms with Crippen LogP contribution in [0, 0.1) is 5.82 Å². The fraction of sp³-hybridized carbons (Fsp3) is 0.263. The van der Waals surface area contributed by atoms with Gasteiger partial charge in [-0.1, -0.05) is 30.3 Å². The molecule has 1 aliphatic heterocycles. The second-order valence-electron chi connectivity index (χ2n) is 6.34. The zero-order valence-corrected chi connectivity index (χ0v) is 12.9. The summed E-state index contributed by atoms with van der Waals surface area (Å²) in [5.74, 6) is -2.36. The molecule has 0 radical (unpaired) electrons. The lowest BCUT2D eigenvalue weighted by atomic mass is 9.79. The van der Waals surface area contributed by atoms with E-state index in [2.05, 4.69) is 0 Å². The van der Waals surface area contributed by atoms with Crippen molar-refractivity contribution in [2.45, 2.75) is 30.8 Å². The minimum Gasteiger partial charge on any atom is -0.481 e. The van der Waals surface area contributed by atoms with Gasteiger partial charge in [-0.05, 0) is 42.2 Å². The summed E-state index contributed by atoms with van der Waals surface area (Å²) < 4.78 is 13.3. The zero-order valence-electron chi connectivity index (χ0n) is 12.9. The SMILES string of the molecule is O=C(O)[C@H]1c2ccccc2C(=O)N(C2CC2)[C@@H]1c1ccc(F)cc1. The van der Waals surface area contributed by atoms with E-state index in [4.69, 9.17) is 0 Å². The fourth-order valence-corrected chi connectivity index (χ4v) is 3.59. The standard InChI is InChI=1S/C19H16FNO3/c20-12-7-5-11(6-8-12)17-16(19(23)24)14-3-1-2-4-15(14)18(22)21(17)13-9-10-13/h1-8,13,16-17H,9-10H2,(H,23,24)/t16-,17+/m0/s1. The molecule has 0 aromatic heterocycles. The van der Waals surface area contributed by atoms with Crippen molar-refractivity contribution in [3.8, 4) is 0 Å². The lowest BCUT2D eigenvalue weighted by molar-refractivity contribution is -0.140. The molecule has 4 nitrogen and oxygen atoms in total. The highest BCUT2D eigenvalue weighted by molar-refractivity contribution is 6.00. The minimum absolute atomic E-state index is 0.0581. The van der Waals surface area contributed by atoms with Crippen molar-refractivity contribution in [1.82, 2.24) is 4.90 Å². The Kier molecular flexibility index (Phi) is 3.37. The number of hydrogen-bond acceptors (Lipinski definition) is 2. The van der Waals surface area contributed by atoms with Crippen LogP contribution in [0.1, 0.15) is 46.3 Å². The Morgan fingerprint density at radius 3 is 2.38 bits per heavy atom. The van der Waals surface area contributed by atoms with Crippen molar-refractivity contribution < 1.29 is 19.1 Å². The molecule has 2 aromatic carbocycles. The Bertz CT molecular complexity index is 814. The van der Waals surface area contributed by atoms with Gasteiger partial charge < -0.3 is 10.0 Å². The monoisotopic (exact) mass is 325 g/mol. The Labute approximate surface area is 138 Å².